The SMILES string of the molecule is C=CCNc1ncnc(Nc2ncc(C(F)(F)F)cc2Cl)c1N. The van der Waals surface area contributed by atoms with Gasteiger partial charge in [-0.3, -0.25) is 0 Å². The second-order valence-electron chi connectivity index (χ2n) is 4.33. The van der Waals surface area contributed by atoms with E-state index in [-0.39, 0.29) is 22.3 Å². The van der Waals surface area contributed by atoms with Gasteiger partial charge >= 0.3 is 6.18 Å². The first kappa shape index (κ1) is 16.8. The molecule has 2 aromatic rings. The van der Waals surface area contributed by atoms with Crippen molar-refractivity contribution in [2.24, 2.45) is 0 Å². The summed E-state index contributed by atoms with van der Waals surface area (Å²) in [5.41, 5.74) is 5.11. The van der Waals surface area contributed by atoms with Crippen LogP contribution < -0.4 is 16.4 Å². The van der Waals surface area contributed by atoms with Gasteiger partial charge in [0.1, 0.15) is 17.8 Å². The molecular formula is C13H12ClF3N6. The van der Waals surface area contributed by atoms with Crippen molar-refractivity contribution in [3.63, 3.8) is 0 Å². The highest BCUT2D eigenvalue weighted by Gasteiger charge is 2.31. The van der Waals surface area contributed by atoms with Crippen molar-refractivity contribution in [1.29, 1.82) is 0 Å². The smallest absolute Gasteiger partial charge is 0.393 e. The number of pyridine rings is 1. The van der Waals surface area contributed by atoms with E-state index in [4.69, 9.17) is 17.3 Å². The highest BCUT2D eigenvalue weighted by molar-refractivity contribution is 6.33. The van der Waals surface area contributed by atoms with Gasteiger partial charge in [-0.2, -0.15) is 13.2 Å². The lowest BCUT2D eigenvalue weighted by Gasteiger charge is -2.13. The zero-order chi connectivity index (χ0) is 17.0. The Morgan fingerprint density at radius 3 is 2.52 bits per heavy atom. The van der Waals surface area contributed by atoms with Crippen LogP contribution in [0.25, 0.3) is 0 Å². The largest absolute Gasteiger partial charge is 0.417 e. The number of nitrogens with zero attached hydrogens (tertiary/aromatic N) is 3. The van der Waals surface area contributed by atoms with Crippen LogP contribution in [-0.4, -0.2) is 21.5 Å². The maximum Gasteiger partial charge on any atom is 0.417 e. The molecule has 2 rings (SSSR count). The van der Waals surface area contributed by atoms with Crippen LogP contribution >= 0.6 is 11.6 Å². The van der Waals surface area contributed by atoms with E-state index < -0.39 is 11.7 Å². The van der Waals surface area contributed by atoms with E-state index in [1.165, 1.54) is 6.33 Å². The van der Waals surface area contributed by atoms with Crippen LogP contribution in [0.2, 0.25) is 5.02 Å². The van der Waals surface area contributed by atoms with E-state index in [0.717, 1.165) is 6.07 Å². The first-order valence-corrected chi connectivity index (χ1v) is 6.65. The molecule has 10 heteroatoms. The first-order valence-electron chi connectivity index (χ1n) is 6.28. The number of nitrogens with one attached hydrogen (secondary N) is 2. The number of hydrogen-bond acceptors (Lipinski definition) is 6. The van der Waals surface area contributed by atoms with Gasteiger partial charge in [0, 0.05) is 12.7 Å². The average Bonchev–Trinajstić information content (AvgIpc) is 2.49. The molecule has 4 N–H and O–H groups in total. The third-order valence-electron chi connectivity index (χ3n) is 2.70. The summed E-state index contributed by atoms with van der Waals surface area (Å²) >= 11 is 5.82. The van der Waals surface area contributed by atoms with E-state index >= 15 is 0 Å². The van der Waals surface area contributed by atoms with Crippen molar-refractivity contribution in [3.8, 4) is 0 Å². The van der Waals surface area contributed by atoms with Gasteiger partial charge in [-0.1, -0.05) is 17.7 Å². The molecule has 0 saturated carbocycles. The van der Waals surface area contributed by atoms with Crippen LogP contribution in [0, 0.1) is 0 Å². The Morgan fingerprint density at radius 1 is 1.22 bits per heavy atom. The van der Waals surface area contributed by atoms with E-state index in [9.17, 15) is 13.2 Å². The molecule has 0 aliphatic rings. The predicted molar refractivity (Wildman–Crippen MR) is 82.7 cm³/mol. The third kappa shape index (κ3) is 4.01. The summed E-state index contributed by atoms with van der Waals surface area (Å²) in [4.78, 5) is 11.5. The quantitative estimate of drug-likeness (QED) is 0.720. The Morgan fingerprint density at radius 2 is 1.91 bits per heavy atom. The monoisotopic (exact) mass is 344 g/mol. The van der Waals surface area contributed by atoms with Crippen LogP contribution in [0.4, 0.5) is 36.3 Å². The van der Waals surface area contributed by atoms with Gasteiger partial charge in [0.2, 0.25) is 0 Å². The zero-order valence-corrected chi connectivity index (χ0v) is 12.4. The van der Waals surface area contributed by atoms with Gasteiger partial charge in [0.15, 0.2) is 11.6 Å². The fraction of sp³-hybridized carbons (Fsp3) is 0.154. The van der Waals surface area contributed by atoms with E-state index in [1.54, 1.807) is 6.08 Å². The Balaban J connectivity index is 2.27. The second kappa shape index (κ2) is 6.69. The maximum atomic E-state index is 12.6. The van der Waals surface area contributed by atoms with Crippen LogP contribution in [-0.2, 0) is 6.18 Å². The summed E-state index contributed by atoms with van der Waals surface area (Å²) in [6.07, 6.45) is -1.00. The summed E-state index contributed by atoms with van der Waals surface area (Å²) in [5.74, 6) is 0.519. The van der Waals surface area contributed by atoms with Crippen molar-refractivity contribution in [1.82, 2.24) is 15.0 Å². The molecular weight excluding hydrogens is 333 g/mol. The minimum atomic E-state index is -4.52. The fourth-order valence-electron chi connectivity index (χ4n) is 1.60. The molecule has 0 fully saturated rings. The molecule has 0 atom stereocenters. The third-order valence-corrected chi connectivity index (χ3v) is 2.99. The topological polar surface area (TPSA) is 88.8 Å². The van der Waals surface area contributed by atoms with Gasteiger partial charge < -0.3 is 16.4 Å². The summed E-state index contributed by atoms with van der Waals surface area (Å²) in [6.45, 7) is 3.98. The highest BCUT2D eigenvalue weighted by Crippen LogP contribution is 2.34. The summed E-state index contributed by atoms with van der Waals surface area (Å²) in [6, 6.07) is 0.769. The first-order chi connectivity index (χ1) is 10.8. The van der Waals surface area contributed by atoms with Crippen molar-refractivity contribution >= 4 is 34.7 Å². The van der Waals surface area contributed by atoms with Crippen molar-refractivity contribution in [2.45, 2.75) is 6.18 Å². The zero-order valence-electron chi connectivity index (χ0n) is 11.7. The van der Waals surface area contributed by atoms with E-state index in [0.29, 0.717) is 18.6 Å². The van der Waals surface area contributed by atoms with Gasteiger partial charge in [-0.15, -0.1) is 6.58 Å². The number of nitrogen functional groups attached to an aromatic ring is 1. The van der Waals surface area contributed by atoms with Gasteiger partial charge in [0.25, 0.3) is 0 Å². The summed E-state index contributed by atoms with van der Waals surface area (Å²) in [7, 11) is 0. The summed E-state index contributed by atoms with van der Waals surface area (Å²) < 4.78 is 37.8. The highest BCUT2D eigenvalue weighted by atomic mass is 35.5. The Bertz CT molecular complexity index is 719. The minimum Gasteiger partial charge on any atom is -0.393 e. The molecule has 0 spiro atoms. The van der Waals surface area contributed by atoms with Crippen molar-refractivity contribution < 1.29 is 13.2 Å². The van der Waals surface area contributed by atoms with E-state index in [2.05, 4.69) is 32.2 Å². The molecule has 0 aliphatic heterocycles. The number of anilines is 4. The number of rotatable bonds is 5. The lowest BCUT2D eigenvalue weighted by Crippen LogP contribution is -2.09. The molecule has 0 unspecified atom stereocenters. The Labute approximate surface area is 134 Å². The molecule has 0 saturated heterocycles. The molecule has 0 radical (unpaired) electrons. The molecule has 2 heterocycles. The van der Waals surface area contributed by atoms with Gasteiger partial charge in [-0.05, 0) is 6.07 Å². The molecule has 0 bridgehead atoms. The molecule has 2 aromatic heterocycles. The number of nitrogens with two attached hydrogens (primary N) is 1. The fourth-order valence-corrected chi connectivity index (χ4v) is 1.82. The predicted octanol–water partition coefficient (Wildman–Crippen LogP) is 3.47. The molecule has 23 heavy (non-hydrogen) atoms. The Hall–Kier alpha value is -2.55. The lowest BCUT2D eigenvalue weighted by atomic mass is 10.2. The average molecular weight is 345 g/mol. The lowest BCUT2D eigenvalue weighted by molar-refractivity contribution is -0.137. The van der Waals surface area contributed by atoms with E-state index in [1.807, 2.05) is 0 Å². The van der Waals surface area contributed by atoms with Crippen LogP contribution in [0.5, 0.6) is 0 Å². The summed E-state index contributed by atoms with van der Waals surface area (Å²) in [5, 5.41) is 5.37. The maximum absolute atomic E-state index is 12.6. The molecule has 0 amide bonds. The second-order valence-corrected chi connectivity index (χ2v) is 4.74. The number of halogens is 4. The van der Waals surface area contributed by atoms with Crippen LogP contribution in [0.3, 0.4) is 0 Å². The Kier molecular flexibility index (Phi) is 4.89. The van der Waals surface area contributed by atoms with Crippen LogP contribution in [0.15, 0.2) is 31.2 Å². The molecule has 122 valence electrons. The van der Waals surface area contributed by atoms with Crippen molar-refractivity contribution in [3.05, 3.63) is 41.8 Å². The normalized spacial score (nSPS) is 11.1. The standard InChI is InChI=1S/C13H12ClF3N6/c1-2-3-19-11-9(18)12(22-6-21-11)23-10-8(14)4-7(5-20-10)13(15,16)17/h2,4-6H,1,3,18H2,(H2,19,20,21,22,23). The molecule has 6 nitrogen and oxygen atoms in total. The van der Waals surface area contributed by atoms with Crippen molar-refractivity contribution in [2.75, 3.05) is 22.9 Å². The number of hydrogen-bond donors (Lipinski definition) is 3. The molecule has 0 aliphatic carbocycles. The van der Waals surface area contributed by atoms with Crippen LogP contribution in [0.1, 0.15) is 5.56 Å². The van der Waals surface area contributed by atoms with Gasteiger partial charge in [0.05, 0.1) is 10.6 Å². The minimum absolute atomic E-state index is 0.000243. The molecule has 0 aromatic carbocycles. The number of alkyl halides is 3. The number of aromatic nitrogens is 3. The van der Waals surface area contributed by atoms with Gasteiger partial charge in [-0.25, -0.2) is 15.0 Å².